The first-order chi connectivity index (χ1) is 28.6. The van der Waals surface area contributed by atoms with Crippen LogP contribution in [0, 0.1) is 26.2 Å². The molecule has 1 atom stereocenters. The highest BCUT2D eigenvalue weighted by Gasteiger charge is 2.37. The Hall–Kier alpha value is -5.97. The van der Waals surface area contributed by atoms with Gasteiger partial charge in [0.15, 0.2) is 1.41 Å². The van der Waals surface area contributed by atoms with Crippen LogP contribution in [0.15, 0.2) is 47.4 Å². The fraction of sp³-hybridized carbons (Fsp3) is 0.442. The number of alkyl carbamates (subject to hydrolysis) is 1. The summed E-state index contributed by atoms with van der Waals surface area (Å²) in [6.07, 6.45) is 2.81. The van der Waals surface area contributed by atoms with Gasteiger partial charge in [-0.25, -0.2) is 22.7 Å². The van der Waals surface area contributed by atoms with Crippen molar-refractivity contribution in [1.82, 2.24) is 20.7 Å². The number of benzene rings is 3. The van der Waals surface area contributed by atoms with Gasteiger partial charge in [0.1, 0.15) is 46.8 Å². The largest absolute Gasteiger partial charge is 0.513 e. The van der Waals surface area contributed by atoms with E-state index in [2.05, 4.69) is 26.1 Å². The Bertz CT molecular complexity index is 2220. The number of nitrogens with one attached hydrogen (secondary N) is 5. The molecule has 5 N–H and O–H groups in total. The molecule has 1 heterocycles. The topological polar surface area (TPSA) is 213 Å². The predicted molar refractivity (Wildman–Crippen MR) is 227 cm³/mol. The molecule has 1 aliphatic heterocycles. The second-order valence-electron chi connectivity index (χ2n) is 15.8. The summed E-state index contributed by atoms with van der Waals surface area (Å²) in [5.41, 5.74) is 3.03. The number of rotatable bonds is 16. The number of carbonyl (C=O) groups excluding carboxylic acids is 3. The minimum Gasteiger partial charge on any atom is -0.497 e. The number of sulfonamides is 1. The number of guanidine groups is 1. The van der Waals surface area contributed by atoms with Crippen molar-refractivity contribution in [1.29, 1.82) is 5.40 Å². The summed E-state index contributed by atoms with van der Waals surface area (Å²) in [5.74, 6) is 1.35. The molecule has 0 radical (unpaired) electrons. The minimum absolute atomic E-state index is 0.0763. The van der Waals surface area contributed by atoms with Gasteiger partial charge in [0.05, 0.1) is 25.7 Å². The van der Waals surface area contributed by atoms with Crippen LogP contribution in [0.25, 0.3) is 12.2 Å². The Balaban J connectivity index is 1.27. The van der Waals surface area contributed by atoms with Crippen LogP contribution >= 0.6 is 0 Å². The first kappa shape index (κ1) is 45.1. The van der Waals surface area contributed by atoms with E-state index < -0.39 is 45.4 Å². The van der Waals surface area contributed by atoms with Crippen molar-refractivity contribution in [3.8, 4) is 23.0 Å². The number of ether oxygens (including phenoxy) is 6. The predicted octanol–water partition coefficient (Wildman–Crippen LogP) is 6.32. The monoisotopic (exact) mass is 851 g/mol. The number of amides is 2. The maximum absolute atomic E-state index is 13.7. The highest BCUT2D eigenvalue weighted by molar-refractivity contribution is 7.90. The average Bonchev–Trinajstić information content (AvgIpc) is 3.53. The normalized spacial score (nSPS) is 14.2. The maximum Gasteiger partial charge on any atom is 0.513 e. The number of hydrogen-bond donors (Lipinski definition) is 5. The molecule has 3 aromatic carbocycles. The van der Waals surface area contributed by atoms with Crippen molar-refractivity contribution in [3.05, 3.63) is 75.8 Å². The lowest BCUT2D eigenvalue weighted by molar-refractivity contribution is -0.123. The second kappa shape index (κ2) is 19.9. The van der Waals surface area contributed by atoms with Crippen molar-refractivity contribution in [3.63, 3.8) is 0 Å². The van der Waals surface area contributed by atoms with E-state index in [4.69, 9.17) is 29.8 Å². The van der Waals surface area contributed by atoms with Gasteiger partial charge in [0.2, 0.25) is 11.9 Å². The molecule has 326 valence electrons. The lowest BCUT2D eigenvalue weighted by Crippen LogP contribution is -2.49. The van der Waals surface area contributed by atoms with Gasteiger partial charge in [-0.15, -0.1) is 0 Å². The van der Waals surface area contributed by atoms with Crippen molar-refractivity contribution in [2.45, 2.75) is 96.8 Å². The summed E-state index contributed by atoms with van der Waals surface area (Å²) in [7, 11) is -1.02. The molecule has 0 aromatic heterocycles. The zero-order chi connectivity index (χ0) is 45.1. The summed E-state index contributed by atoms with van der Waals surface area (Å²) in [6, 6.07) is 11.2. The van der Waals surface area contributed by atoms with Gasteiger partial charge in [-0.05, 0) is 120 Å². The molecule has 3 aromatic rings. The van der Waals surface area contributed by atoms with Crippen LogP contribution in [-0.2, 0) is 30.7 Å². The van der Waals surface area contributed by atoms with Crippen LogP contribution in [0.2, 0.25) is 1.41 Å². The molecule has 0 bridgehead atoms. The van der Waals surface area contributed by atoms with E-state index in [0.717, 1.165) is 22.3 Å². The Labute approximate surface area is 353 Å². The fourth-order valence-corrected chi connectivity index (χ4v) is 7.93. The highest BCUT2D eigenvalue weighted by atomic mass is 32.2. The Morgan fingerprint density at radius 1 is 0.917 bits per heavy atom. The quantitative estimate of drug-likeness (QED) is 0.0268. The molecule has 0 spiro atoms. The molecule has 0 saturated heterocycles. The molecule has 1 aliphatic rings. The molecule has 2 amide bonds. The Kier molecular flexibility index (Phi) is 14.9. The molecule has 1 unspecified atom stereocenters. The zero-order valence-corrected chi connectivity index (χ0v) is 36.7. The van der Waals surface area contributed by atoms with Crippen molar-refractivity contribution in [2.75, 3.05) is 33.9 Å². The van der Waals surface area contributed by atoms with Gasteiger partial charge in [-0.3, -0.25) is 10.2 Å². The van der Waals surface area contributed by atoms with Gasteiger partial charge in [0, 0.05) is 24.6 Å². The summed E-state index contributed by atoms with van der Waals surface area (Å²) in [6.45, 7) is 13.9. The molecular formula is C43H57N5O11S. The highest BCUT2D eigenvalue weighted by Crippen LogP contribution is 2.43. The van der Waals surface area contributed by atoms with Gasteiger partial charge < -0.3 is 44.4 Å². The standard InChI is InChI=1S/C43H57N5O11S/c1-26-27(2)37(28(3)34-25-43(7,8)58-36(26)34)60(52,53)48-39(44)46-19-11-12-35(47-40(50)59-42(4,5)6)38(49)45-20-21-56-41(51)57-31-17-15-29(16-18-31)13-14-30-22-32(54-9)24-33(23-30)55-10/h13-18,22-24,35H,11-12,19-21,25H2,1-10H3,(H,45,49)(H,47,50)(H3,44,46,48). The summed E-state index contributed by atoms with van der Waals surface area (Å²) >= 11 is 0. The molecule has 0 fully saturated rings. The first-order valence-corrected chi connectivity index (χ1v) is 20.9. The molecule has 4 rings (SSSR count). The van der Waals surface area contributed by atoms with Crippen LogP contribution in [-0.4, -0.2) is 83.7 Å². The van der Waals surface area contributed by atoms with E-state index in [1.807, 2.05) is 45.1 Å². The SMILES string of the molecule is [H]/N=C(\NCCCC(NC(=O)OC(C)(C)C)C(=O)NCCOC(=O)Oc1ccc(C=Cc2cc(OC)cc(OC)c2)cc1)NS(=O)(=O)c1c(C)c(C)c2c(c1C)CC(C)(C)O2. The maximum atomic E-state index is 13.7. The minimum atomic E-state index is -4.18. The molecule has 0 saturated carbocycles. The van der Waals surface area contributed by atoms with Crippen molar-refractivity contribution >= 4 is 46.3 Å². The lowest BCUT2D eigenvalue weighted by Gasteiger charge is -2.23. The van der Waals surface area contributed by atoms with E-state index in [9.17, 15) is 22.8 Å². The third-order valence-electron chi connectivity index (χ3n) is 9.31. The van der Waals surface area contributed by atoms with Crippen molar-refractivity contribution < 1.29 is 52.6 Å². The summed E-state index contributed by atoms with van der Waals surface area (Å²) in [5, 5.41) is 11.3. The van der Waals surface area contributed by atoms with E-state index in [1.165, 1.54) is 0 Å². The Morgan fingerprint density at radius 2 is 1.57 bits per heavy atom. The fourth-order valence-electron chi connectivity index (χ4n) is 6.42. The number of hydrogen-bond acceptors (Lipinski definition) is 12. The van der Waals surface area contributed by atoms with Crippen LogP contribution in [0.5, 0.6) is 23.0 Å². The van der Waals surface area contributed by atoms with E-state index >= 15 is 0 Å². The lowest BCUT2D eigenvalue weighted by atomic mass is 9.94. The van der Waals surface area contributed by atoms with Crippen LogP contribution in [0.1, 0.15) is 80.8 Å². The third kappa shape index (κ3) is 13.3. The number of methoxy groups -OCH3 is 2. The van der Waals surface area contributed by atoms with Crippen LogP contribution in [0.3, 0.4) is 0 Å². The molecule has 17 heteroatoms. The number of carbonyl (C=O) groups is 3. The number of fused-ring (bicyclic) bond motifs is 1. The summed E-state index contributed by atoms with van der Waals surface area (Å²) in [4.78, 5) is 38.3. The van der Waals surface area contributed by atoms with Gasteiger partial charge in [-0.1, -0.05) is 24.3 Å². The van der Waals surface area contributed by atoms with Gasteiger partial charge >= 0.3 is 12.2 Å². The third-order valence-corrected chi connectivity index (χ3v) is 10.9. The van der Waals surface area contributed by atoms with Crippen LogP contribution in [0.4, 0.5) is 9.59 Å². The average molecular weight is 852 g/mol. The Morgan fingerprint density at radius 3 is 2.18 bits per heavy atom. The van der Waals surface area contributed by atoms with E-state index in [0.29, 0.717) is 34.8 Å². The van der Waals surface area contributed by atoms with E-state index in [-0.39, 0.29) is 49.1 Å². The summed E-state index contributed by atoms with van der Waals surface area (Å²) < 4.78 is 69.8. The van der Waals surface area contributed by atoms with E-state index in [1.54, 1.807) is 79.2 Å². The van der Waals surface area contributed by atoms with Crippen LogP contribution < -0.4 is 39.6 Å². The molecule has 60 heavy (non-hydrogen) atoms. The second-order valence-corrected chi connectivity index (χ2v) is 17.4. The molecule has 16 nitrogen and oxygen atoms in total. The van der Waals surface area contributed by atoms with Crippen molar-refractivity contribution in [2.24, 2.45) is 0 Å². The smallest absolute Gasteiger partial charge is 0.497 e. The molecular weight excluding hydrogens is 795 g/mol. The molecule has 0 aliphatic carbocycles. The van der Waals surface area contributed by atoms with Gasteiger partial charge in [0.25, 0.3) is 10.0 Å². The zero-order valence-electron chi connectivity index (χ0n) is 36.9. The van der Waals surface area contributed by atoms with Gasteiger partial charge in [-0.2, -0.15) is 0 Å². The first-order valence-electron chi connectivity index (χ1n) is 19.8.